The lowest BCUT2D eigenvalue weighted by Crippen LogP contribution is -2.49. The van der Waals surface area contributed by atoms with Gasteiger partial charge in [0.15, 0.2) is 5.11 Å². The van der Waals surface area contributed by atoms with Crippen LogP contribution in [0.1, 0.15) is 36.0 Å². The van der Waals surface area contributed by atoms with Crippen LogP contribution in [0.2, 0.25) is 0 Å². The molecule has 1 aromatic heterocycles. The normalized spacial score (nSPS) is 14.0. The van der Waals surface area contributed by atoms with E-state index in [2.05, 4.69) is 16.2 Å². The Morgan fingerprint density at radius 3 is 2.46 bits per heavy atom. The van der Waals surface area contributed by atoms with Crippen LogP contribution in [0.25, 0.3) is 22.2 Å². The van der Waals surface area contributed by atoms with Crippen LogP contribution in [-0.2, 0) is 0 Å². The van der Waals surface area contributed by atoms with E-state index in [0.29, 0.717) is 16.7 Å². The van der Waals surface area contributed by atoms with Gasteiger partial charge in [-0.15, -0.1) is 0 Å². The first-order chi connectivity index (χ1) is 13.7. The molecule has 0 atom stereocenters. The standard InChI is InChI=1S/C22H22N4OS/c27-21(25-26-22(28)23-16-10-4-5-11-16)18-14-20(15-8-2-1-3-9-15)24-19-13-7-6-12-17(18)19/h1-3,6-9,12-14,16H,4-5,10-11H2,(H,25,27)(H2,23,26,28). The van der Waals surface area contributed by atoms with E-state index in [1.165, 1.54) is 12.8 Å². The number of rotatable bonds is 3. The predicted octanol–water partition coefficient (Wildman–Crippen LogP) is 3.95. The molecule has 1 heterocycles. The van der Waals surface area contributed by atoms with E-state index in [1.54, 1.807) is 0 Å². The summed E-state index contributed by atoms with van der Waals surface area (Å²) in [7, 11) is 0. The van der Waals surface area contributed by atoms with Crippen molar-refractivity contribution in [2.75, 3.05) is 0 Å². The van der Waals surface area contributed by atoms with Crippen LogP contribution in [0, 0.1) is 0 Å². The molecule has 0 saturated heterocycles. The van der Waals surface area contributed by atoms with Crippen molar-refractivity contribution < 1.29 is 4.79 Å². The third-order valence-corrected chi connectivity index (χ3v) is 5.23. The van der Waals surface area contributed by atoms with Crippen molar-refractivity contribution in [2.24, 2.45) is 0 Å². The van der Waals surface area contributed by atoms with E-state index in [9.17, 15) is 4.79 Å². The monoisotopic (exact) mass is 390 g/mol. The lowest BCUT2D eigenvalue weighted by Gasteiger charge is -2.16. The molecule has 5 nitrogen and oxygen atoms in total. The van der Waals surface area contributed by atoms with Crippen molar-refractivity contribution in [1.82, 2.24) is 21.2 Å². The molecule has 6 heteroatoms. The number of thiocarbonyl (C=S) groups is 1. The third-order valence-electron chi connectivity index (χ3n) is 5.01. The first kappa shape index (κ1) is 18.4. The molecule has 0 radical (unpaired) electrons. The summed E-state index contributed by atoms with van der Waals surface area (Å²) < 4.78 is 0. The summed E-state index contributed by atoms with van der Waals surface area (Å²) in [5.41, 5.74) is 8.62. The summed E-state index contributed by atoms with van der Waals surface area (Å²) in [4.78, 5) is 17.6. The Kier molecular flexibility index (Phi) is 5.48. The van der Waals surface area contributed by atoms with Crippen molar-refractivity contribution in [1.29, 1.82) is 0 Å². The second-order valence-corrected chi connectivity index (χ2v) is 7.38. The van der Waals surface area contributed by atoms with Gasteiger partial charge >= 0.3 is 0 Å². The fourth-order valence-electron chi connectivity index (χ4n) is 3.59. The van der Waals surface area contributed by atoms with Crippen LogP contribution in [-0.4, -0.2) is 22.0 Å². The van der Waals surface area contributed by atoms with Crippen LogP contribution >= 0.6 is 12.2 Å². The number of aromatic nitrogens is 1. The van der Waals surface area contributed by atoms with Gasteiger partial charge in [-0.3, -0.25) is 15.6 Å². The van der Waals surface area contributed by atoms with Gasteiger partial charge in [-0.2, -0.15) is 0 Å². The van der Waals surface area contributed by atoms with Crippen molar-refractivity contribution in [3.8, 4) is 11.3 Å². The summed E-state index contributed by atoms with van der Waals surface area (Å²) in [6.07, 6.45) is 4.67. The topological polar surface area (TPSA) is 66.1 Å². The van der Waals surface area contributed by atoms with Gasteiger partial charge in [0.1, 0.15) is 0 Å². The molecule has 1 amide bonds. The smallest absolute Gasteiger partial charge is 0.270 e. The number of pyridine rings is 1. The number of hydrazine groups is 1. The molecule has 0 bridgehead atoms. The number of benzene rings is 2. The zero-order valence-electron chi connectivity index (χ0n) is 15.4. The Hall–Kier alpha value is -2.99. The molecule has 3 aromatic rings. The number of fused-ring (bicyclic) bond motifs is 1. The summed E-state index contributed by atoms with van der Waals surface area (Å²) in [5.74, 6) is -0.244. The summed E-state index contributed by atoms with van der Waals surface area (Å²) in [6.45, 7) is 0. The van der Waals surface area contributed by atoms with Gasteiger partial charge in [0.2, 0.25) is 0 Å². The minimum absolute atomic E-state index is 0.244. The first-order valence-corrected chi connectivity index (χ1v) is 9.93. The molecule has 1 fully saturated rings. The number of carbonyl (C=O) groups excluding carboxylic acids is 1. The number of amides is 1. The molecule has 0 aliphatic heterocycles. The second kappa shape index (κ2) is 8.35. The van der Waals surface area contributed by atoms with Crippen LogP contribution < -0.4 is 16.2 Å². The summed E-state index contributed by atoms with van der Waals surface area (Å²) in [6, 6.07) is 19.7. The van der Waals surface area contributed by atoms with Crippen LogP contribution in [0.4, 0.5) is 0 Å². The average molecular weight is 391 g/mol. The molecular formula is C22H22N4OS. The maximum atomic E-state index is 12.9. The van der Waals surface area contributed by atoms with Gasteiger partial charge in [-0.1, -0.05) is 61.4 Å². The van der Waals surface area contributed by atoms with Crippen molar-refractivity contribution >= 4 is 34.1 Å². The number of hydrogen-bond acceptors (Lipinski definition) is 3. The lowest BCUT2D eigenvalue weighted by atomic mass is 10.0. The second-order valence-electron chi connectivity index (χ2n) is 6.97. The molecule has 1 saturated carbocycles. The molecule has 3 N–H and O–H groups in total. The van der Waals surface area contributed by atoms with Gasteiger partial charge < -0.3 is 5.32 Å². The van der Waals surface area contributed by atoms with Gasteiger partial charge in [-0.25, -0.2) is 4.98 Å². The van der Waals surface area contributed by atoms with E-state index in [0.717, 1.165) is 35.0 Å². The summed E-state index contributed by atoms with van der Waals surface area (Å²) >= 11 is 5.31. The Labute approximate surface area is 169 Å². The Morgan fingerprint density at radius 2 is 1.68 bits per heavy atom. The fourth-order valence-corrected chi connectivity index (χ4v) is 3.81. The lowest BCUT2D eigenvalue weighted by molar-refractivity contribution is 0.0945. The number of nitrogens with zero attached hydrogens (tertiary/aromatic N) is 1. The molecule has 4 rings (SSSR count). The fraction of sp³-hybridized carbons (Fsp3) is 0.227. The zero-order chi connectivity index (χ0) is 19.3. The molecule has 0 spiro atoms. The molecule has 28 heavy (non-hydrogen) atoms. The van der Waals surface area contributed by atoms with Gasteiger partial charge in [0.25, 0.3) is 5.91 Å². The highest BCUT2D eigenvalue weighted by atomic mass is 32.1. The highest BCUT2D eigenvalue weighted by molar-refractivity contribution is 7.80. The highest BCUT2D eigenvalue weighted by Gasteiger charge is 2.17. The number of hydrogen-bond donors (Lipinski definition) is 3. The molecule has 0 unspecified atom stereocenters. The molecule has 142 valence electrons. The number of carbonyl (C=O) groups is 1. The molecular weight excluding hydrogens is 368 g/mol. The van der Waals surface area contributed by atoms with Crippen molar-refractivity contribution in [3.05, 3.63) is 66.2 Å². The summed E-state index contributed by atoms with van der Waals surface area (Å²) in [5, 5.41) is 4.50. The SMILES string of the molecule is O=C(NNC(=S)NC1CCCC1)c1cc(-c2ccccc2)nc2ccccc12. The number of para-hydroxylation sites is 1. The molecule has 2 aromatic carbocycles. The first-order valence-electron chi connectivity index (χ1n) is 9.53. The van der Waals surface area contributed by atoms with E-state index >= 15 is 0 Å². The van der Waals surface area contributed by atoms with E-state index in [4.69, 9.17) is 17.2 Å². The maximum absolute atomic E-state index is 12.9. The van der Waals surface area contributed by atoms with Gasteiger partial charge in [0, 0.05) is 17.0 Å². The quantitative estimate of drug-likeness (QED) is 0.467. The van der Waals surface area contributed by atoms with Gasteiger partial charge in [-0.05, 0) is 37.2 Å². The minimum Gasteiger partial charge on any atom is -0.359 e. The van der Waals surface area contributed by atoms with E-state index in [-0.39, 0.29) is 5.91 Å². The van der Waals surface area contributed by atoms with E-state index in [1.807, 2.05) is 60.7 Å². The van der Waals surface area contributed by atoms with Gasteiger partial charge in [0.05, 0.1) is 16.8 Å². The predicted molar refractivity (Wildman–Crippen MR) is 116 cm³/mol. The molecule has 1 aliphatic rings. The minimum atomic E-state index is -0.244. The van der Waals surface area contributed by atoms with Crippen LogP contribution in [0.15, 0.2) is 60.7 Å². The Balaban J connectivity index is 1.56. The Bertz CT molecular complexity index is 1000. The van der Waals surface area contributed by atoms with Crippen molar-refractivity contribution in [2.45, 2.75) is 31.7 Å². The zero-order valence-corrected chi connectivity index (χ0v) is 16.3. The van der Waals surface area contributed by atoms with Crippen LogP contribution in [0.3, 0.4) is 0 Å². The van der Waals surface area contributed by atoms with Crippen LogP contribution in [0.5, 0.6) is 0 Å². The van der Waals surface area contributed by atoms with E-state index < -0.39 is 0 Å². The third kappa shape index (κ3) is 4.12. The van der Waals surface area contributed by atoms with Crippen molar-refractivity contribution in [3.63, 3.8) is 0 Å². The molecule has 1 aliphatic carbocycles. The Morgan fingerprint density at radius 1 is 0.964 bits per heavy atom. The highest BCUT2D eigenvalue weighted by Crippen LogP contribution is 2.24. The largest absolute Gasteiger partial charge is 0.359 e. The number of nitrogens with one attached hydrogen (secondary N) is 3. The average Bonchev–Trinajstić information content (AvgIpc) is 3.25. The maximum Gasteiger partial charge on any atom is 0.270 e.